The average Bonchev–Trinajstić information content (AvgIpc) is 2.63. The van der Waals surface area contributed by atoms with Crippen molar-refractivity contribution in [1.82, 2.24) is 0 Å². The number of thioether (sulfide) groups is 1. The van der Waals surface area contributed by atoms with Crippen molar-refractivity contribution < 1.29 is 14.7 Å². The highest BCUT2D eigenvalue weighted by Gasteiger charge is 2.20. The highest BCUT2D eigenvalue weighted by molar-refractivity contribution is 7.98. The van der Waals surface area contributed by atoms with Crippen molar-refractivity contribution in [1.29, 1.82) is 0 Å². The second-order valence-electron chi connectivity index (χ2n) is 5.85. The molecule has 0 radical (unpaired) electrons. The number of carbonyl (C=O) groups excluding carboxylic acids is 1. The zero-order valence-electron chi connectivity index (χ0n) is 14.0. The minimum absolute atomic E-state index is 0.276. The lowest BCUT2D eigenvalue weighted by Crippen LogP contribution is -2.15. The smallest absolute Gasteiger partial charge is 0.367 e. The van der Waals surface area contributed by atoms with Crippen molar-refractivity contribution >= 4 is 35.0 Å². The van der Waals surface area contributed by atoms with E-state index in [1.807, 2.05) is 25.3 Å². The van der Waals surface area contributed by atoms with Crippen LogP contribution in [0.5, 0.6) is 5.75 Å². The lowest BCUT2D eigenvalue weighted by molar-refractivity contribution is 0.0515. The molecule has 130 valence electrons. The van der Waals surface area contributed by atoms with E-state index in [9.17, 15) is 9.90 Å². The molecular formula is C19H18ClNO3S. The Balaban J connectivity index is 1.87. The highest BCUT2D eigenvalue weighted by atomic mass is 35.5. The molecule has 1 aliphatic rings. The second-order valence-corrected chi connectivity index (χ2v) is 7.14. The molecule has 0 unspecified atom stereocenters. The normalized spacial score (nSPS) is 15.1. The molecule has 0 saturated carbocycles. The Kier molecular flexibility index (Phi) is 5.35. The van der Waals surface area contributed by atoms with Crippen LogP contribution in [0.3, 0.4) is 0 Å². The highest BCUT2D eigenvalue weighted by Crippen LogP contribution is 2.30. The van der Waals surface area contributed by atoms with E-state index in [-0.39, 0.29) is 5.75 Å². The molecule has 1 aliphatic carbocycles. The van der Waals surface area contributed by atoms with Gasteiger partial charge in [0.25, 0.3) is 0 Å². The number of oxime groups is 1. The van der Waals surface area contributed by atoms with Gasteiger partial charge in [-0.1, -0.05) is 16.8 Å². The van der Waals surface area contributed by atoms with Crippen LogP contribution < -0.4 is 0 Å². The molecule has 3 rings (SSSR count). The zero-order valence-corrected chi connectivity index (χ0v) is 15.6. The molecule has 6 heteroatoms. The second kappa shape index (κ2) is 7.50. The van der Waals surface area contributed by atoms with E-state index in [4.69, 9.17) is 16.4 Å². The summed E-state index contributed by atoms with van der Waals surface area (Å²) in [6.45, 7) is 1.89. The Morgan fingerprint density at radius 3 is 2.84 bits per heavy atom. The van der Waals surface area contributed by atoms with Gasteiger partial charge in [0, 0.05) is 10.5 Å². The van der Waals surface area contributed by atoms with E-state index in [0.717, 1.165) is 46.6 Å². The lowest BCUT2D eigenvalue weighted by atomic mass is 9.87. The molecule has 0 heterocycles. The predicted octanol–water partition coefficient (Wildman–Crippen LogP) is 4.97. The molecule has 0 aliphatic heterocycles. The summed E-state index contributed by atoms with van der Waals surface area (Å²) in [6.07, 6.45) is 4.43. The number of aromatic hydroxyl groups is 1. The number of phenols is 1. The molecule has 0 atom stereocenters. The summed E-state index contributed by atoms with van der Waals surface area (Å²) in [5.41, 5.74) is 3.86. The molecule has 2 aromatic rings. The maximum atomic E-state index is 12.3. The Morgan fingerprint density at radius 2 is 2.08 bits per heavy atom. The van der Waals surface area contributed by atoms with E-state index < -0.39 is 5.97 Å². The number of nitrogens with zero attached hydrogens (tertiary/aromatic N) is 1. The molecule has 0 spiro atoms. The molecule has 0 amide bonds. The van der Waals surface area contributed by atoms with Gasteiger partial charge in [0.15, 0.2) is 0 Å². The summed E-state index contributed by atoms with van der Waals surface area (Å²) < 4.78 is 0. The lowest BCUT2D eigenvalue weighted by Gasteiger charge is -2.20. The molecule has 0 bridgehead atoms. The zero-order chi connectivity index (χ0) is 18.0. The van der Waals surface area contributed by atoms with E-state index in [2.05, 4.69) is 5.16 Å². The average molecular weight is 376 g/mol. The van der Waals surface area contributed by atoms with Gasteiger partial charge in [-0.05, 0) is 73.9 Å². The third-order valence-corrected chi connectivity index (χ3v) is 5.41. The summed E-state index contributed by atoms with van der Waals surface area (Å²) in [5, 5.41) is 14.3. The van der Waals surface area contributed by atoms with Crippen LogP contribution >= 0.6 is 23.4 Å². The fourth-order valence-electron chi connectivity index (χ4n) is 2.93. The fourth-order valence-corrected chi connectivity index (χ4v) is 3.57. The first-order chi connectivity index (χ1) is 12.0. The standard InChI is InChI=1S/C19H18ClNO3S/c1-11-13-4-3-5-17(14(13)7-9-18(11)22)21-24-19(23)15-10-12(25-2)6-8-16(15)20/h6-10,22H,3-5H2,1-2H3/b21-17-. The van der Waals surface area contributed by atoms with Crippen molar-refractivity contribution in [2.45, 2.75) is 31.1 Å². The van der Waals surface area contributed by atoms with Gasteiger partial charge in [0.2, 0.25) is 0 Å². The Labute approximate surface area is 155 Å². The number of phenolic OH excluding ortho intramolecular Hbond substituents is 1. The van der Waals surface area contributed by atoms with Gasteiger partial charge in [0.1, 0.15) is 5.75 Å². The summed E-state index contributed by atoms with van der Waals surface area (Å²) in [6, 6.07) is 8.70. The molecule has 4 nitrogen and oxygen atoms in total. The van der Waals surface area contributed by atoms with Gasteiger partial charge in [-0.25, -0.2) is 4.79 Å². The number of benzene rings is 2. The van der Waals surface area contributed by atoms with Gasteiger partial charge in [0.05, 0.1) is 16.3 Å². The summed E-state index contributed by atoms with van der Waals surface area (Å²) in [4.78, 5) is 18.4. The SMILES string of the molecule is CSc1ccc(Cl)c(C(=O)O/N=C2/CCCc3c2ccc(O)c3C)c1. The van der Waals surface area contributed by atoms with Crippen molar-refractivity contribution in [2.24, 2.45) is 5.16 Å². The molecule has 0 saturated heterocycles. The van der Waals surface area contributed by atoms with Crippen molar-refractivity contribution in [3.63, 3.8) is 0 Å². The van der Waals surface area contributed by atoms with E-state index >= 15 is 0 Å². The molecule has 2 aromatic carbocycles. The van der Waals surface area contributed by atoms with Crippen molar-refractivity contribution in [3.8, 4) is 5.75 Å². The molecular weight excluding hydrogens is 358 g/mol. The van der Waals surface area contributed by atoms with Gasteiger partial charge in [-0.15, -0.1) is 11.8 Å². The van der Waals surface area contributed by atoms with Crippen LogP contribution in [0.4, 0.5) is 0 Å². The Bertz CT molecular complexity index is 864. The van der Waals surface area contributed by atoms with Crippen LogP contribution in [0.15, 0.2) is 40.4 Å². The Morgan fingerprint density at radius 1 is 1.28 bits per heavy atom. The third-order valence-electron chi connectivity index (χ3n) is 4.35. The van der Waals surface area contributed by atoms with Crippen LogP contribution in [-0.4, -0.2) is 23.0 Å². The first-order valence-corrected chi connectivity index (χ1v) is 9.55. The van der Waals surface area contributed by atoms with Crippen molar-refractivity contribution in [3.05, 3.63) is 57.6 Å². The molecule has 0 aromatic heterocycles. The van der Waals surface area contributed by atoms with Crippen LogP contribution in [0.2, 0.25) is 5.02 Å². The topological polar surface area (TPSA) is 58.9 Å². The number of halogens is 1. The maximum absolute atomic E-state index is 12.3. The molecule has 25 heavy (non-hydrogen) atoms. The number of hydrogen-bond donors (Lipinski definition) is 1. The maximum Gasteiger partial charge on any atom is 0.367 e. The number of carbonyl (C=O) groups is 1. The number of hydrogen-bond acceptors (Lipinski definition) is 5. The van der Waals surface area contributed by atoms with E-state index in [1.54, 1.807) is 18.2 Å². The Hall–Kier alpha value is -1.98. The largest absolute Gasteiger partial charge is 0.508 e. The number of fused-ring (bicyclic) bond motifs is 1. The first-order valence-electron chi connectivity index (χ1n) is 7.95. The summed E-state index contributed by atoms with van der Waals surface area (Å²) >= 11 is 7.63. The van der Waals surface area contributed by atoms with E-state index in [1.165, 1.54) is 11.8 Å². The minimum Gasteiger partial charge on any atom is -0.508 e. The van der Waals surface area contributed by atoms with Gasteiger partial charge >= 0.3 is 5.97 Å². The van der Waals surface area contributed by atoms with Crippen LogP contribution in [-0.2, 0) is 11.3 Å². The predicted molar refractivity (Wildman–Crippen MR) is 101 cm³/mol. The van der Waals surface area contributed by atoms with Gasteiger partial charge in [-0.3, -0.25) is 0 Å². The summed E-state index contributed by atoms with van der Waals surface area (Å²) in [7, 11) is 0. The van der Waals surface area contributed by atoms with Gasteiger partial charge in [-0.2, -0.15) is 0 Å². The fraction of sp³-hybridized carbons (Fsp3) is 0.263. The van der Waals surface area contributed by atoms with Crippen molar-refractivity contribution in [2.75, 3.05) is 6.26 Å². The molecule has 1 N–H and O–H groups in total. The molecule has 0 fully saturated rings. The van der Waals surface area contributed by atoms with Crippen LogP contribution in [0.1, 0.15) is 39.9 Å². The van der Waals surface area contributed by atoms with E-state index in [0.29, 0.717) is 10.6 Å². The number of rotatable bonds is 3. The minimum atomic E-state index is -0.573. The third kappa shape index (κ3) is 3.67. The summed E-state index contributed by atoms with van der Waals surface area (Å²) in [5.74, 6) is -0.298. The van der Waals surface area contributed by atoms with Gasteiger partial charge < -0.3 is 9.94 Å². The quantitative estimate of drug-likeness (QED) is 0.467. The monoisotopic (exact) mass is 375 g/mol. The van der Waals surface area contributed by atoms with Crippen LogP contribution in [0, 0.1) is 6.92 Å². The first kappa shape index (κ1) is 17.8. The van der Waals surface area contributed by atoms with Crippen LogP contribution in [0.25, 0.3) is 0 Å².